The molecule has 4 rings (SSSR count). The van der Waals surface area contributed by atoms with Gasteiger partial charge in [0.15, 0.2) is 9.84 Å². The van der Waals surface area contributed by atoms with Gasteiger partial charge in [0.2, 0.25) is 11.8 Å². The maximum absolute atomic E-state index is 14.3. The number of rotatable bonds is 13. The predicted molar refractivity (Wildman–Crippen MR) is 193 cm³/mol. The lowest BCUT2D eigenvalue weighted by Crippen LogP contribution is -2.64. The number of β-amino-alcohol motifs (C(OH)–C–C–N with tert-alkyl or cyclic N) is 1. The van der Waals surface area contributed by atoms with E-state index in [1.165, 1.54) is 20.8 Å². The fourth-order valence-electron chi connectivity index (χ4n) is 7.32. The molecule has 2 aromatic rings. The van der Waals surface area contributed by atoms with Crippen LogP contribution >= 0.6 is 0 Å². The highest BCUT2D eigenvalue weighted by atomic mass is 32.2. The molecule has 2 aromatic carbocycles. The first-order valence-electron chi connectivity index (χ1n) is 17.7. The maximum atomic E-state index is 14.3. The molecule has 4 N–H and O–H groups in total. The summed E-state index contributed by atoms with van der Waals surface area (Å²) < 4.78 is 25.0. The van der Waals surface area contributed by atoms with Crippen LogP contribution in [-0.4, -0.2) is 89.5 Å². The van der Waals surface area contributed by atoms with Gasteiger partial charge in [-0.15, -0.1) is 0 Å². The molecule has 1 aliphatic carbocycles. The van der Waals surface area contributed by atoms with E-state index < -0.39 is 56.2 Å². The van der Waals surface area contributed by atoms with Gasteiger partial charge in [-0.1, -0.05) is 74.7 Å². The lowest BCUT2D eigenvalue weighted by atomic mass is 9.72. The molecule has 270 valence electrons. The number of hydrogen-bond donors (Lipinski definition) is 4. The number of sulfone groups is 1. The van der Waals surface area contributed by atoms with Crippen molar-refractivity contribution in [3.63, 3.8) is 0 Å². The van der Waals surface area contributed by atoms with Gasteiger partial charge >= 0.3 is 0 Å². The fourth-order valence-corrected chi connectivity index (χ4v) is 8.59. The summed E-state index contributed by atoms with van der Waals surface area (Å²) in [5.74, 6) is -0.699. The Bertz CT molecular complexity index is 1530. The van der Waals surface area contributed by atoms with Gasteiger partial charge in [0.1, 0.15) is 6.04 Å². The van der Waals surface area contributed by atoms with E-state index in [0.717, 1.165) is 31.2 Å². The molecule has 1 saturated carbocycles. The number of likely N-dealkylation sites (tertiary alicyclic amines) is 1. The number of nitrogens with zero attached hydrogens (tertiary/aromatic N) is 1. The van der Waals surface area contributed by atoms with Gasteiger partial charge in [-0.2, -0.15) is 0 Å². The maximum Gasteiger partial charge on any atom is 0.251 e. The topological polar surface area (TPSA) is 145 Å². The van der Waals surface area contributed by atoms with Crippen LogP contribution in [-0.2, 0) is 25.8 Å². The Kier molecular flexibility index (Phi) is 12.7. The fraction of sp³-hybridized carbons (Fsp3) is 0.605. The van der Waals surface area contributed by atoms with Gasteiger partial charge in [0.25, 0.3) is 5.91 Å². The number of carbonyl (C=O) groups excluding carboxylic acids is 3. The summed E-state index contributed by atoms with van der Waals surface area (Å²) in [6.07, 6.45) is 4.35. The molecule has 3 amide bonds. The van der Waals surface area contributed by atoms with Crippen LogP contribution in [0.1, 0.15) is 89.6 Å². The number of aliphatic hydroxyl groups is 1. The Balaban J connectivity index is 1.64. The number of benzene rings is 2. The molecule has 0 radical (unpaired) electrons. The standard InChI is InChI=1S/C38H56N4O6S/c1-7-49(47,48)38(5,6)33(40-34(44)27-18-12-9-13-19-27)36(46)39-30(22-26-16-10-8-11-17-26)32(43)25-42-24-29-21-15-14-20-28(29)23-31(42)35(45)41-37(2,3)4/h8-13,16-19,28-33,43H,7,14-15,20-25H2,1-6H3,(H,39,46)(H,40,44)(H,41,45)/t28-,29+,30-,31-,32+,33+/m0/s1. The van der Waals surface area contributed by atoms with Crippen LogP contribution in [0, 0.1) is 11.8 Å². The first kappa shape index (κ1) is 38.5. The molecule has 0 unspecified atom stereocenters. The molecule has 2 aliphatic rings. The molecule has 0 spiro atoms. The average Bonchev–Trinajstić information content (AvgIpc) is 3.06. The molecule has 6 atom stereocenters. The summed E-state index contributed by atoms with van der Waals surface area (Å²) in [6, 6.07) is 15.0. The first-order valence-corrected chi connectivity index (χ1v) is 19.3. The summed E-state index contributed by atoms with van der Waals surface area (Å²) >= 11 is 0. The van der Waals surface area contributed by atoms with Gasteiger partial charge in [0, 0.05) is 29.9 Å². The van der Waals surface area contributed by atoms with E-state index in [1.54, 1.807) is 30.3 Å². The number of hydrogen-bond acceptors (Lipinski definition) is 7. The minimum Gasteiger partial charge on any atom is -0.390 e. The first-order chi connectivity index (χ1) is 23.0. The number of amides is 3. The van der Waals surface area contributed by atoms with E-state index >= 15 is 0 Å². The van der Waals surface area contributed by atoms with Crippen molar-refractivity contribution in [2.45, 2.75) is 115 Å². The van der Waals surface area contributed by atoms with E-state index in [4.69, 9.17) is 0 Å². The number of nitrogens with one attached hydrogen (secondary N) is 3. The molecule has 1 aliphatic heterocycles. The van der Waals surface area contributed by atoms with Crippen molar-refractivity contribution in [2.24, 2.45) is 11.8 Å². The van der Waals surface area contributed by atoms with Crippen LogP contribution in [0.25, 0.3) is 0 Å². The van der Waals surface area contributed by atoms with Gasteiger partial charge in [-0.05, 0) is 83.4 Å². The van der Waals surface area contributed by atoms with Crippen molar-refractivity contribution >= 4 is 27.6 Å². The molecule has 49 heavy (non-hydrogen) atoms. The SMILES string of the molecule is CCS(=O)(=O)C(C)(C)[C@H](NC(=O)c1ccccc1)C(=O)N[C@@H](Cc1ccccc1)[C@H](O)CN1C[C@H]2CCCC[C@H]2C[C@H]1C(=O)NC(C)(C)C. The Morgan fingerprint density at radius 3 is 2.08 bits per heavy atom. The third kappa shape index (κ3) is 9.92. The molecular weight excluding hydrogens is 641 g/mol. The van der Waals surface area contributed by atoms with Crippen molar-refractivity contribution < 1.29 is 27.9 Å². The van der Waals surface area contributed by atoms with Gasteiger partial charge in [-0.25, -0.2) is 8.42 Å². The van der Waals surface area contributed by atoms with E-state index in [2.05, 4.69) is 20.9 Å². The van der Waals surface area contributed by atoms with Crippen LogP contribution in [0.4, 0.5) is 0 Å². The molecular formula is C38H56N4O6S. The molecule has 1 saturated heterocycles. The molecule has 2 fully saturated rings. The smallest absolute Gasteiger partial charge is 0.251 e. The van der Waals surface area contributed by atoms with E-state index in [9.17, 15) is 27.9 Å². The highest BCUT2D eigenvalue weighted by molar-refractivity contribution is 7.92. The van der Waals surface area contributed by atoms with Crippen LogP contribution in [0.3, 0.4) is 0 Å². The summed E-state index contributed by atoms with van der Waals surface area (Å²) in [7, 11) is -3.84. The van der Waals surface area contributed by atoms with Crippen molar-refractivity contribution in [3.05, 3.63) is 71.8 Å². The predicted octanol–water partition coefficient (Wildman–Crippen LogP) is 3.88. The summed E-state index contributed by atoms with van der Waals surface area (Å²) in [5.41, 5.74) is 0.737. The van der Waals surface area contributed by atoms with Gasteiger partial charge in [0.05, 0.1) is 22.9 Å². The van der Waals surface area contributed by atoms with E-state index in [0.29, 0.717) is 24.8 Å². The number of aliphatic hydroxyl groups excluding tert-OH is 1. The van der Waals surface area contributed by atoms with Crippen molar-refractivity contribution in [3.8, 4) is 0 Å². The summed E-state index contributed by atoms with van der Waals surface area (Å²) in [6.45, 7) is 11.1. The molecule has 0 bridgehead atoms. The molecule has 1 heterocycles. The minimum atomic E-state index is -3.84. The Labute approximate surface area is 292 Å². The van der Waals surface area contributed by atoms with E-state index in [-0.39, 0.29) is 30.2 Å². The molecule has 0 aromatic heterocycles. The minimum absolute atomic E-state index is 0.0671. The quantitative estimate of drug-likeness (QED) is 0.249. The number of piperidine rings is 1. The van der Waals surface area contributed by atoms with Crippen molar-refractivity contribution in [2.75, 3.05) is 18.8 Å². The lowest BCUT2D eigenvalue weighted by Gasteiger charge is -2.47. The number of carbonyl (C=O) groups is 3. The lowest BCUT2D eigenvalue weighted by molar-refractivity contribution is -0.133. The second kappa shape index (κ2) is 16.2. The van der Waals surface area contributed by atoms with Crippen LogP contribution in [0.5, 0.6) is 0 Å². The van der Waals surface area contributed by atoms with Crippen molar-refractivity contribution in [1.82, 2.24) is 20.9 Å². The average molecular weight is 697 g/mol. The largest absolute Gasteiger partial charge is 0.390 e. The second-order valence-electron chi connectivity index (χ2n) is 15.4. The van der Waals surface area contributed by atoms with Crippen LogP contribution < -0.4 is 16.0 Å². The normalized spacial score (nSPS) is 22.2. The molecule has 11 heteroatoms. The Morgan fingerprint density at radius 2 is 1.49 bits per heavy atom. The van der Waals surface area contributed by atoms with E-state index in [1.807, 2.05) is 51.1 Å². The zero-order valence-electron chi connectivity index (χ0n) is 29.9. The zero-order valence-corrected chi connectivity index (χ0v) is 30.8. The molecule has 10 nitrogen and oxygen atoms in total. The van der Waals surface area contributed by atoms with Gasteiger partial charge < -0.3 is 21.1 Å². The summed E-state index contributed by atoms with van der Waals surface area (Å²) in [4.78, 5) is 43.3. The Hall–Kier alpha value is -3.28. The summed E-state index contributed by atoms with van der Waals surface area (Å²) in [5, 5.41) is 20.8. The van der Waals surface area contributed by atoms with Gasteiger partial charge in [-0.3, -0.25) is 19.3 Å². The Morgan fingerprint density at radius 1 is 0.898 bits per heavy atom. The number of fused-ring (bicyclic) bond motifs is 1. The van der Waals surface area contributed by atoms with Crippen LogP contribution in [0.15, 0.2) is 60.7 Å². The second-order valence-corrected chi connectivity index (χ2v) is 18.3. The highest BCUT2D eigenvalue weighted by Gasteiger charge is 2.47. The van der Waals surface area contributed by atoms with Crippen molar-refractivity contribution in [1.29, 1.82) is 0 Å². The zero-order chi connectivity index (χ0) is 36.0. The van der Waals surface area contributed by atoms with Crippen LogP contribution in [0.2, 0.25) is 0 Å². The monoisotopic (exact) mass is 696 g/mol. The highest BCUT2D eigenvalue weighted by Crippen LogP contribution is 2.39. The third-order valence-electron chi connectivity index (χ3n) is 10.3. The third-order valence-corrected chi connectivity index (χ3v) is 12.9.